The third kappa shape index (κ3) is 6.59. The minimum atomic E-state index is -0.420. The fraction of sp³-hybridized carbons (Fsp3) is 0.526. The van der Waals surface area contributed by atoms with Gasteiger partial charge >= 0.3 is 0 Å². The van der Waals surface area contributed by atoms with Gasteiger partial charge in [-0.1, -0.05) is 19.0 Å². The lowest BCUT2D eigenvalue weighted by atomic mass is 9.90. The maximum atomic E-state index is 13.4. The summed E-state index contributed by atoms with van der Waals surface area (Å²) in [5, 5.41) is 6.91. The van der Waals surface area contributed by atoms with Crippen LogP contribution in [0.5, 0.6) is 0 Å². The second-order valence-corrected chi connectivity index (χ2v) is 7.39. The standard InChI is InChI=1S/C19H27FN4O2.ClH/c1-12(2)10-19(4,11-21)23-16(25)7-8-17-22-18(24-26-17)14-5-6-15(20)13(3)9-14;/h5-6,9,12H,7-8,10-11,21H2,1-4H3,(H,23,25);1H. The molecular weight excluding hydrogens is 371 g/mol. The van der Waals surface area contributed by atoms with Gasteiger partial charge < -0.3 is 15.6 Å². The van der Waals surface area contributed by atoms with Crippen molar-refractivity contribution >= 4 is 18.3 Å². The zero-order valence-corrected chi connectivity index (χ0v) is 17.0. The zero-order valence-electron chi connectivity index (χ0n) is 16.2. The van der Waals surface area contributed by atoms with Gasteiger partial charge in [0.1, 0.15) is 5.82 Å². The van der Waals surface area contributed by atoms with Crippen LogP contribution in [-0.4, -0.2) is 28.1 Å². The van der Waals surface area contributed by atoms with Gasteiger partial charge in [-0.25, -0.2) is 4.39 Å². The molecule has 1 heterocycles. The summed E-state index contributed by atoms with van der Waals surface area (Å²) < 4.78 is 18.6. The molecule has 0 aliphatic heterocycles. The van der Waals surface area contributed by atoms with E-state index >= 15 is 0 Å². The molecule has 1 aromatic heterocycles. The first-order valence-electron chi connectivity index (χ1n) is 8.82. The summed E-state index contributed by atoms with van der Waals surface area (Å²) >= 11 is 0. The van der Waals surface area contributed by atoms with Crippen LogP contribution < -0.4 is 11.1 Å². The van der Waals surface area contributed by atoms with Gasteiger partial charge in [-0.2, -0.15) is 4.98 Å². The summed E-state index contributed by atoms with van der Waals surface area (Å²) in [6.45, 7) is 8.20. The first kappa shape index (κ1) is 23.0. The second-order valence-electron chi connectivity index (χ2n) is 7.39. The Morgan fingerprint density at radius 2 is 2.11 bits per heavy atom. The van der Waals surface area contributed by atoms with Crippen LogP contribution in [0.2, 0.25) is 0 Å². The summed E-state index contributed by atoms with van der Waals surface area (Å²) in [6.07, 6.45) is 1.38. The van der Waals surface area contributed by atoms with Gasteiger partial charge in [-0.05, 0) is 49.9 Å². The maximum absolute atomic E-state index is 13.4. The lowest BCUT2D eigenvalue weighted by molar-refractivity contribution is -0.123. The highest BCUT2D eigenvalue weighted by Gasteiger charge is 2.25. The Hall–Kier alpha value is -1.99. The van der Waals surface area contributed by atoms with Crippen LogP contribution in [0.4, 0.5) is 4.39 Å². The van der Waals surface area contributed by atoms with Crippen molar-refractivity contribution in [3.8, 4) is 11.4 Å². The van der Waals surface area contributed by atoms with Gasteiger partial charge in [0.05, 0.1) is 0 Å². The Morgan fingerprint density at radius 1 is 1.41 bits per heavy atom. The van der Waals surface area contributed by atoms with Crippen LogP contribution >= 0.6 is 12.4 Å². The number of carbonyl (C=O) groups is 1. The van der Waals surface area contributed by atoms with Crippen molar-refractivity contribution in [2.45, 2.75) is 52.5 Å². The highest BCUT2D eigenvalue weighted by atomic mass is 35.5. The monoisotopic (exact) mass is 398 g/mol. The number of aromatic nitrogens is 2. The average Bonchev–Trinajstić information content (AvgIpc) is 3.03. The fourth-order valence-electron chi connectivity index (χ4n) is 2.96. The number of hydrogen-bond acceptors (Lipinski definition) is 5. The molecule has 1 amide bonds. The Morgan fingerprint density at radius 3 is 2.70 bits per heavy atom. The van der Waals surface area contributed by atoms with E-state index in [1.165, 1.54) is 6.07 Å². The Balaban J connectivity index is 0.00000364. The summed E-state index contributed by atoms with van der Waals surface area (Å²) in [5.41, 5.74) is 6.59. The van der Waals surface area contributed by atoms with Crippen molar-refractivity contribution in [2.75, 3.05) is 6.54 Å². The van der Waals surface area contributed by atoms with Crippen LogP contribution in [0, 0.1) is 18.7 Å². The summed E-state index contributed by atoms with van der Waals surface area (Å²) in [6, 6.07) is 4.63. The Bertz CT molecular complexity index is 766. The molecule has 150 valence electrons. The van der Waals surface area contributed by atoms with Gasteiger partial charge in [-0.3, -0.25) is 4.79 Å². The van der Waals surface area contributed by atoms with E-state index in [2.05, 4.69) is 29.3 Å². The fourth-order valence-corrected chi connectivity index (χ4v) is 2.96. The van der Waals surface area contributed by atoms with Crippen LogP contribution in [-0.2, 0) is 11.2 Å². The number of nitrogens with one attached hydrogen (secondary N) is 1. The molecule has 0 aliphatic carbocycles. The van der Waals surface area contributed by atoms with Crippen molar-refractivity contribution in [2.24, 2.45) is 11.7 Å². The van der Waals surface area contributed by atoms with E-state index in [-0.39, 0.29) is 30.6 Å². The quantitative estimate of drug-likeness (QED) is 0.710. The third-order valence-corrected chi connectivity index (χ3v) is 4.20. The zero-order chi connectivity index (χ0) is 19.3. The highest BCUT2D eigenvalue weighted by molar-refractivity contribution is 5.85. The van der Waals surface area contributed by atoms with Gasteiger partial charge in [0, 0.05) is 30.5 Å². The van der Waals surface area contributed by atoms with Crippen LogP contribution in [0.3, 0.4) is 0 Å². The molecule has 0 saturated heterocycles. The van der Waals surface area contributed by atoms with Crippen molar-refractivity contribution in [1.82, 2.24) is 15.5 Å². The van der Waals surface area contributed by atoms with Gasteiger partial charge in [0.15, 0.2) is 0 Å². The second kappa shape index (κ2) is 9.80. The molecule has 1 aromatic carbocycles. The number of nitrogens with zero attached hydrogens (tertiary/aromatic N) is 2. The number of nitrogens with two attached hydrogens (primary N) is 1. The van der Waals surface area contributed by atoms with E-state index in [9.17, 15) is 9.18 Å². The van der Waals surface area contributed by atoms with Gasteiger partial charge in [0.25, 0.3) is 0 Å². The van der Waals surface area contributed by atoms with Crippen molar-refractivity contribution in [3.63, 3.8) is 0 Å². The molecule has 0 bridgehead atoms. The van der Waals surface area contributed by atoms with E-state index < -0.39 is 5.54 Å². The van der Waals surface area contributed by atoms with Crippen LogP contribution in [0.25, 0.3) is 11.4 Å². The summed E-state index contributed by atoms with van der Waals surface area (Å²) in [7, 11) is 0. The van der Waals surface area contributed by atoms with Crippen LogP contribution in [0.15, 0.2) is 22.7 Å². The molecule has 27 heavy (non-hydrogen) atoms. The number of benzene rings is 1. The molecule has 3 N–H and O–H groups in total. The van der Waals surface area contributed by atoms with Crippen molar-refractivity contribution in [3.05, 3.63) is 35.5 Å². The number of aryl methyl sites for hydroxylation is 2. The summed E-state index contributed by atoms with van der Waals surface area (Å²) in [4.78, 5) is 16.5. The van der Waals surface area contributed by atoms with E-state index in [0.717, 1.165) is 6.42 Å². The molecule has 2 aromatic rings. The highest BCUT2D eigenvalue weighted by Crippen LogP contribution is 2.20. The minimum Gasteiger partial charge on any atom is -0.350 e. The Kier molecular flexibility index (Phi) is 8.37. The lowest BCUT2D eigenvalue weighted by Crippen LogP contribution is -2.52. The largest absolute Gasteiger partial charge is 0.350 e. The molecule has 0 saturated carbocycles. The van der Waals surface area contributed by atoms with E-state index in [1.807, 2.05) is 6.92 Å². The molecule has 0 spiro atoms. The number of hydrogen-bond donors (Lipinski definition) is 2. The summed E-state index contributed by atoms with van der Waals surface area (Å²) in [5.74, 6) is 0.807. The van der Waals surface area contributed by atoms with E-state index in [0.29, 0.717) is 41.7 Å². The molecule has 2 rings (SSSR count). The van der Waals surface area contributed by atoms with E-state index in [1.54, 1.807) is 19.1 Å². The van der Waals surface area contributed by atoms with Crippen LogP contribution in [0.1, 0.15) is 45.1 Å². The Labute approximate surface area is 165 Å². The normalized spacial score (nSPS) is 13.1. The average molecular weight is 399 g/mol. The third-order valence-electron chi connectivity index (χ3n) is 4.20. The SMILES string of the molecule is Cc1cc(-c2noc(CCC(=O)NC(C)(CN)CC(C)C)n2)ccc1F.Cl. The number of amides is 1. The molecule has 0 aliphatic rings. The van der Waals surface area contributed by atoms with Crippen molar-refractivity contribution < 1.29 is 13.7 Å². The first-order chi connectivity index (χ1) is 12.2. The molecule has 1 unspecified atom stereocenters. The van der Waals surface area contributed by atoms with Gasteiger partial charge in [-0.15, -0.1) is 12.4 Å². The molecule has 6 nitrogen and oxygen atoms in total. The predicted octanol–water partition coefficient (Wildman–Crippen LogP) is 3.42. The van der Waals surface area contributed by atoms with Crippen molar-refractivity contribution in [1.29, 1.82) is 0 Å². The molecular formula is C19H28ClFN4O2. The lowest BCUT2D eigenvalue weighted by Gasteiger charge is -2.31. The minimum absolute atomic E-state index is 0. The topological polar surface area (TPSA) is 94.0 Å². The first-order valence-corrected chi connectivity index (χ1v) is 8.82. The smallest absolute Gasteiger partial charge is 0.227 e. The number of halogens is 2. The molecule has 8 heteroatoms. The molecule has 0 radical (unpaired) electrons. The number of carbonyl (C=O) groups excluding carboxylic acids is 1. The maximum Gasteiger partial charge on any atom is 0.227 e. The number of rotatable bonds is 8. The van der Waals surface area contributed by atoms with Gasteiger partial charge in [0.2, 0.25) is 17.6 Å². The predicted molar refractivity (Wildman–Crippen MR) is 105 cm³/mol. The van der Waals surface area contributed by atoms with E-state index in [4.69, 9.17) is 10.3 Å². The molecule has 1 atom stereocenters. The molecule has 0 fully saturated rings.